The van der Waals surface area contributed by atoms with E-state index in [1.54, 1.807) is 0 Å². The number of benzene rings is 1. The molecular formula is C21H26ClN3O. The second kappa shape index (κ2) is 7.55. The molecule has 1 aromatic heterocycles. The number of halogens is 1. The monoisotopic (exact) mass is 371 g/mol. The Kier molecular flexibility index (Phi) is 5.16. The zero-order chi connectivity index (χ0) is 18.0. The van der Waals surface area contributed by atoms with Gasteiger partial charge in [0.25, 0.3) is 0 Å². The third-order valence-electron chi connectivity index (χ3n) is 5.97. The first-order valence-electron chi connectivity index (χ1n) is 9.52. The van der Waals surface area contributed by atoms with Crippen molar-refractivity contribution in [3.63, 3.8) is 0 Å². The molecule has 1 aromatic carbocycles. The minimum Gasteiger partial charge on any atom is -0.385 e. The maximum absolute atomic E-state index is 11.1. The predicted molar refractivity (Wildman–Crippen MR) is 106 cm³/mol. The summed E-state index contributed by atoms with van der Waals surface area (Å²) in [6, 6.07) is 14.4. The van der Waals surface area contributed by atoms with E-state index in [4.69, 9.17) is 11.6 Å². The van der Waals surface area contributed by atoms with Crippen LogP contribution in [0.1, 0.15) is 31.2 Å². The average molecular weight is 372 g/mol. The molecular weight excluding hydrogens is 346 g/mol. The van der Waals surface area contributed by atoms with Crippen LogP contribution in [0.25, 0.3) is 0 Å². The lowest BCUT2D eigenvalue weighted by Gasteiger charge is -2.44. The molecule has 0 radical (unpaired) electrons. The fraction of sp³-hybridized carbons (Fsp3) is 0.476. The largest absolute Gasteiger partial charge is 0.385 e. The Labute approximate surface area is 160 Å². The predicted octanol–water partition coefficient (Wildman–Crippen LogP) is 3.69. The van der Waals surface area contributed by atoms with E-state index in [0.717, 1.165) is 68.3 Å². The van der Waals surface area contributed by atoms with Gasteiger partial charge in [0.1, 0.15) is 5.82 Å². The van der Waals surface area contributed by atoms with Crippen molar-refractivity contribution < 1.29 is 5.11 Å². The highest BCUT2D eigenvalue weighted by Gasteiger charge is 2.37. The Bertz CT molecular complexity index is 706. The zero-order valence-corrected chi connectivity index (χ0v) is 15.8. The van der Waals surface area contributed by atoms with E-state index in [-0.39, 0.29) is 0 Å². The van der Waals surface area contributed by atoms with Gasteiger partial charge in [0.15, 0.2) is 0 Å². The van der Waals surface area contributed by atoms with Crippen molar-refractivity contribution in [3.05, 3.63) is 59.2 Å². The fourth-order valence-corrected chi connectivity index (χ4v) is 4.48. The topological polar surface area (TPSA) is 39.6 Å². The molecule has 5 heteroatoms. The van der Waals surface area contributed by atoms with E-state index in [0.29, 0.717) is 6.04 Å². The molecule has 0 unspecified atom stereocenters. The molecule has 0 spiro atoms. The van der Waals surface area contributed by atoms with Crippen LogP contribution in [0.3, 0.4) is 0 Å². The number of nitrogens with zero attached hydrogens (tertiary/aromatic N) is 3. The van der Waals surface area contributed by atoms with Gasteiger partial charge in [-0.1, -0.05) is 29.8 Å². The normalized spacial score (nSPS) is 27.5. The molecule has 2 heterocycles. The van der Waals surface area contributed by atoms with Gasteiger partial charge in [0, 0.05) is 43.4 Å². The first-order valence-corrected chi connectivity index (χ1v) is 9.90. The van der Waals surface area contributed by atoms with E-state index < -0.39 is 5.60 Å². The Morgan fingerprint density at radius 2 is 1.65 bits per heavy atom. The van der Waals surface area contributed by atoms with Crippen LogP contribution in [0.2, 0.25) is 5.02 Å². The van der Waals surface area contributed by atoms with Crippen LogP contribution in [0, 0.1) is 0 Å². The molecule has 1 aliphatic carbocycles. The van der Waals surface area contributed by atoms with Crippen LogP contribution in [0.5, 0.6) is 0 Å². The smallest absolute Gasteiger partial charge is 0.128 e. The van der Waals surface area contributed by atoms with Gasteiger partial charge in [-0.05, 0) is 55.5 Å². The van der Waals surface area contributed by atoms with Gasteiger partial charge in [0.05, 0.1) is 5.60 Å². The fourth-order valence-electron chi connectivity index (χ4n) is 4.35. The van der Waals surface area contributed by atoms with Crippen LogP contribution in [0.15, 0.2) is 48.7 Å². The average Bonchev–Trinajstić information content (AvgIpc) is 2.70. The van der Waals surface area contributed by atoms with Crippen molar-refractivity contribution in [3.8, 4) is 0 Å². The molecule has 4 rings (SSSR count). The summed E-state index contributed by atoms with van der Waals surface area (Å²) in [4.78, 5) is 9.43. The van der Waals surface area contributed by atoms with Gasteiger partial charge in [-0.3, -0.25) is 4.90 Å². The number of aromatic nitrogens is 1. The van der Waals surface area contributed by atoms with Crippen molar-refractivity contribution in [2.24, 2.45) is 0 Å². The number of pyridine rings is 1. The molecule has 2 fully saturated rings. The van der Waals surface area contributed by atoms with E-state index in [2.05, 4.69) is 20.9 Å². The van der Waals surface area contributed by atoms with E-state index in [1.807, 2.05) is 42.6 Å². The first-order chi connectivity index (χ1) is 12.6. The van der Waals surface area contributed by atoms with Gasteiger partial charge in [-0.2, -0.15) is 0 Å². The number of hydrogen-bond donors (Lipinski definition) is 1. The first kappa shape index (κ1) is 17.8. The number of rotatable bonds is 3. The Morgan fingerprint density at radius 1 is 0.962 bits per heavy atom. The zero-order valence-electron chi connectivity index (χ0n) is 15.0. The minimum atomic E-state index is -0.698. The summed E-state index contributed by atoms with van der Waals surface area (Å²) < 4.78 is 0. The molecule has 1 N–H and O–H groups in total. The molecule has 0 atom stereocenters. The third-order valence-corrected chi connectivity index (χ3v) is 6.22. The molecule has 0 amide bonds. The molecule has 26 heavy (non-hydrogen) atoms. The summed E-state index contributed by atoms with van der Waals surface area (Å²) in [6.07, 6.45) is 5.59. The lowest BCUT2D eigenvalue weighted by atomic mass is 9.77. The molecule has 138 valence electrons. The molecule has 2 aromatic rings. The molecule has 1 saturated carbocycles. The highest BCUT2D eigenvalue weighted by Crippen LogP contribution is 2.39. The lowest BCUT2D eigenvalue weighted by Crippen LogP contribution is -2.52. The maximum Gasteiger partial charge on any atom is 0.128 e. The SMILES string of the molecule is O[C@]1(c2ccc(Cl)cc2)CC[C@H](N2CCN(c3ccccn3)CC2)CC1. The van der Waals surface area contributed by atoms with Gasteiger partial charge in [0.2, 0.25) is 0 Å². The summed E-state index contributed by atoms with van der Waals surface area (Å²) in [5, 5.41) is 11.8. The van der Waals surface area contributed by atoms with Gasteiger partial charge >= 0.3 is 0 Å². The van der Waals surface area contributed by atoms with E-state index in [9.17, 15) is 5.11 Å². The molecule has 2 aliphatic rings. The van der Waals surface area contributed by atoms with Crippen molar-refractivity contribution in [2.45, 2.75) is 37.3 Å². The van der Waals surface area contributed by atoms with E-state index >= 15 is 0 Å². The number of hydrogen-bond acceptors (Lipinski definition) is 4. The summed E-state index contributed by atoms with van der Waals surface area (Å²) in [7, 11) is 0. The van der Waals surface area contributed by atoms with Gasteiger partial charge in [-0.25, -0.2) is 4.98 Å². The summed E-state index contributed by atoms with van der Waals surface area (Å²) in [5.74, 6) is 1.08. The molecule has 0 bridgehead atoms. The summed E-state index contributed by atoms with van der Waals surface area (Å²) >= 11 is 5.98. The third kappa shape index (κ3) is 3.73. The van der Waals surface area contributed by atoms with Crippen molar-refractivity contribution in [1.82, 2.24) is 9.88 Å². The second-order valence-corrected chi connectivity index (χ2v) is 7.92. The summed E-state index contributed by atoms with van der Waals surface area (Å²) in [5.41, 5.74) is 0.303. The summed E-state index contributed by atoms with van der Waals surface area (Å²) in [6.45, 7) is 4.19. The van der Waals surface area contributed by atoms with Crippen LogP contribution in [-0.2, 0) is 5.60 Å². The van der Waals surface area contributed by atoms with Gasteiger partial charge < -0.3 is 10.0 Å². The highest BCUT2D eigenvalue weighted by atomic mass is 35.5. The Morgan fingerprint density at radius 3 is 2.27 bits per heavy atom. The van der Waals surface area contributed by atoms with Gasteiger partial charge in [-0.15, -0.1) is 0 Å². The van der Waals surface area contributed by atoms with Crippen LogP contribution in [0.4, 0.5) is 5.82 Å². The number of anilines is 1. The molecule has 1 saturated heterocycles. The van der Waals surface area contributed by atoms with Crippen LogP contribution >= 0.6 is 11.6 Å². The maximum atomic E-state index is 11.1. The molecule has 4 nitrogen and oxygen atoms in total. The number of piperazine rings is 1. The second-order valence-electron chi connectivity index (χ2n) is 7.48. The van der Waals surface area contributed by atoms with Crippen molar-refractivity contribution >= 4 is 17.4 Å². The Hall–Kier alpha value is -1.62. The van der Waals surface area contributed by atoms with Crippen molar-refractivity contribution in [2.75, 3.05) is 31.1 Å². The number of aliphatic hydroxyl groups is 1. The minimum absolute atomic E-state index is 0.577. The van der Waals surface area contributed by atoms with Crippen LogP contribution in [-0.4, -0.2) is 47.2 Å². The van der Waals surface area contributed by atoms with Crippen molar-refractivity contribution in [1.29, 1.82) is 0 Å². The van der Waals surface area contributed by atoms with E-state index in [1.165, 1.54) is 0 Å². The molecule has 1 aliphatic heterocycles. The highest BCUT2D eigenvalue weighted by molar-refractivity contribution is 6.30. The van der Waals surface area contributed by atoms with Crippen LogP contribution < -0.4 is 4.90 Å². The Balaban J connectivity index is 1.32. The lowest BCUT2D eigenvalue weighted by molar-refractivity contribution is -0.0257. The quantitative estimate of drug-likeness (QED) is 0.893. The standard InChI is InChI=1S/C21H26ClN3O/c22-18-6-4-17(5-7-18)21(26)10-8-19(9-11-21)24-13-15-25(16-14-24)20-3-1-2-12-23-20/h1-7,12,19,26H,8-11,13-16H2/t19-,21+.